The Bertz CT molecular complexity index is 1050. The molecule has 1 unspecified atom stereocenters. The Labute approximate surface area is 202 Å². The van der Waals surface area contributed by atoms with Crippen molar-refractivity contribution in [3.63, 3.8) is 0 Å². The summed E-state index contributed by atoms with van der Waals surface area (Å²) in [5.74, 6) is 1.44. The highest BCUT2D eigenvalue weighted by molar-refractivity contribution is 5.92. The lowest BCUT2D eigenvalue weighted by atomic mass is 9.89. The van der Waals surface area contributed by atoms with Gasteiger partial charge >= 0.3 is 5.91 Å². The van der Waals surface area contributed by atoms with E-state index in [-0.39, 0.29) is 17.4 Å². The number of nitrogens with one attached hydrogen (secondary N) is 3. The highest BCUT2D eigenvalue weighted by Gasteiger charge is 2.45. The van der Waals surface area contributed by atoms with E-state index in [9.17, 15) is 10.1 Å². The van der Waals surface area contributed by atoms with Crippen LogP contribution in [-0.2, 0) is 10.3 Å². The summed E-state index contributed by atoms with van der Waals surface area (Å²) in [4.78, 5) is 22.6. The Morgan fingerprint density at radius 2 is 2.06 bits per heavy atom. The van der Waals surface area contributed by atoms with Gasteiger partial charge in [0.05, 0.1) is 30.7 Å². The first-order valence-corrected chi connectivity index (χ1v) is 12.0. The molecule has 182 valence electrons. The average molecular weight is 466 g/mol. The van der Waals surface area contributed by atoms with Crippen molar-refractivity contribution in [2.24, 2.45) is 5.92 Å². The van der Waals surface area contributed by atoms with E-state index in [1.54, 1.807) is 12.2 Å². The van der Waals surface area contributed by atoms with Crippen LogP contribution >= 0.6 is 0 Å². The monoisotopic (exact) mass is 465 g/mol. The molecule has 9 nitrogen and oxygen atoms in total. The molecular formula is C25H37N8O+. The summed E-state index contributed by atoms with van der Waals surface area (Å²) >= 11 is 0. The number of nitrogen functional groups attached to an aromatic ring is 1. The van der Waals surface area contributed by atoms with E-state index in [0.29, 0.717) is 35.0 Å². The van der Waals surface area contributed by atoms with Gasteiger partial charge < -0.3 is 16.5 Å². The van der Waals surface area contributed by atoms with Crippen LogP contribution in [0.1, 0.15) is 58.9 Å². The van der Waals surface area contributed by atoms with Crippen LogP contribution in [0.3, 0.4) is 0 Å². The van der Waals surface area contributed by atoms with Crippen molar-refractivity contribution in [2.75, 3.05) is 36.1 Å². The van der Waals surface area contributed by atoms with Crippen LogP contribution in [0.5, 0.6) is 0 Å². The second-order valence-corrected chi connectivity index (χ2v) is 9.68. The van der Waals surface area contributed by atoms with Gasteiger partial charge in [0.2, 0.25) is 5.95 Å². The fraction of sp³-hybridized carbons (Fsp3) is 0.520. The summed E-state index contributed by atoms with van der Waals surface area (Å²) in [7, 11) is 0. The third-order valence-corrected chi connectivity index (χ3v) is 6.73. The number of amides is 1. The van der Waals surface area contributed by atoms with Crippen LogP contribution in [-0.4, -0.2) is 40.0 Å². The number of hydrogen-bond acceptors (Lipinski definition) is 8. The van der Waals surface area contributed by atoms with Gasteiger partial charge in [-0.15, -0.1) is 0 Å². The molecule has 1 fully saturated rings. The number of anilines is 3. The van der Waals surface area contributed by atoms with Crippen molar-refractivity contribution in [3.05, 3.63) is 41.6 Å². The molecule has 0 aliphatic carbocycles. The molecule has 0 aromatic carbocycles. The number of quaternary nitrogens is 1. The van der Waals surface area contributed by atoms with Gasteiger partial charge in [-0.05, 0) is 45.1 Å². The van der Waals surface area contributed by atoms with Crippen LogP contribution in [0.25, 0.3) is 0 Å². The second-order valence-electron chi connectivity index (χ2n) is 9.68. The molecule has 1 saturated heterocycles. The van der Waals surface area contributed by atoms with Gasteiger partial charge in [-0.25, -0.2) is 10.2 Å². The molecule has 1 amide bonds. The number of nitrogens with two attached hydrogens (primary N) is 1. The zero-order chi connectivity index (χ0) is 24.9. The molecule has 9 heteroatoms. The maximum absolute atomic E-state index is 13.6. The van der Waals surface area contributed by atoms with Crippen molar-refractivity contribution in [3.8, 4) is 6.07 Å². The van der Waals surface area contributed by atoms with Gasteiger partial charge in [-0.2, -0.15) is 15.2 Å². The Kier molecular flexibility index (Phi) is 7.75. The topological polar surface area (TPSA) is 129 Å². The molecule has 1 aromatic rings. The minimum atomic E-state index is -0.558. The van der Waals surface area contributed by atoms with Gasteiger partial charge in [0.25, 0.3) is 0 Å². The highest BCUT2D eigenvalue weighted by atomic mass is 16.2. The number of fused-ring (bicyclic) bond motifs is 1. The summed E-state index contributed by atoms with van der Waals surface area (Å²) in [6.45, 7) is 13.8. The number of piperidine rings is 1. The SMILES string of the molecule is C=C/C(=C\C)Nc1nc(N)c2c(n1)NNC2(C)CC[N+]1(C(=O)/C(C#N)=C/C(C)C)CCCCC1. The van der Waals surface area contributed by atoms with Crippen molar-refractivity contribution in [1.29, 1.82) is 5.26 Å². The van der Waals surface area contributed by atoms with E-state index in [4.69, 9.17) is 5.73 Å². The molecule has 0 spiro atoms. The lowest BCUT2D eigenvalue weighted by Crippen LogP contribution is -2.58. The zero-order valence-corrected chi connectivity index (χ0v) is 20.7. The molecule has 1 atom stereocenters. The molecule has 0 bridgehead atoms. The van der Waals surface area contributed by atoms with Gasteiger partial charge in [0, 0.05) is 12.1 Å². The number of allylic oxidation sites excluding steroid dienone is 3. The largest absolute Gasteiger partial charge is 0.383 e. The zero-order valence-electron chi connectivity index (χ0n) is 20.7. The van der Waals surface area contributed by atoms with Crippen LogP contribution in [0.4, 0.5) is 17.6 Å². The number of nitriles is 1. The lowest BCUT2D eigenvalue weighted by molar-refractivity contribution is -0.858. The van der Waals surface area contributed by atoms with Crippen LogP contribution < -0.4 is 21.9 Å². The number of hydrogen-bond donors (Lipinski definition) is 4. The number of likely N-dealkylation sites (tertiary alicyclic amines) is 1. The molecule has 0 saturated carbocycles. The van der Waals surface area contributed by atoms with Gasteiger partial charge in [-0.1, -0.05) is 32.6 Å². The number of carbonyl (C=O) groups excluding carboxylic acids is 1. The molecule has 0 radical (unpaired) electrons. The smallest absolute Gasteiger partial charge is 0.356 e. The number of nitrogens with zero attached hydrogens (tertiary/aromatic N) is 4. The predicted molar refractivity (Wildman–Crippen MR) is 135 cm³/mol. The molecule has 34 heavy (non-hydrogen) atoms. The van der Waals surface area contributed by atoms with E-state index in [0.717, 1.165) is 43.6 Å². The maximum atomic E-state index is 13.6. The van der Waals surface area contributed by atoms with Crippen molar-refractivity contribution in [1.82, 2.24) is 15.4 Å². The quantitative estimate of drug-likeness (QED) is 0.198. The number of carbonyl (C=O) groups is 1. The fourth-order valence-electron chi connectivity index (χ4n) is 4.81. The fourth-order valence-corrected chi connectivity index (χ4v) is 4.81. The van der Waals surface area contributed by atoms with Gasteiger partial charge in [0.15, 0.2) is 11.4 Å². The van der Waals surface area contributed by atoms with Gasteiger partial charge in [-0.3, -0.25) is 4.48 Å². The van der Waals surface area contributed by atoms with Crippen LogP contribution in [0, 0.1) is 17.2 Å². The molecule has 1 aromatic heterocycles. The predicted octanol–water partition coefficient (Wildman–Crippen LogP) is 3.73. The third-order valence-electron chi connectivity index (χ3n) is 6.73. The highest BCUT2D eigenvalue weighted by Crippen LogP contribution is 2.40. The Hall–Kier alpha value is -3.22. The minimum absolute atomic E-state index is 0.0715. The molecule has 3 heterocycles. The minimum Gasteiger partial charge on any atom is -0.383 e. The summed E-state index contributed by atoms with van der Waals surface area (Å²) < 4.78 is 0.295. The van der Waals surface area contributed by atoms with Gasteiger partial charge in [0.1, 0.15) is 11.9 Å². The van der Waals surface area contributed by atoms with E-state index in [1.807, 2.05) is 33.8 Å². The van der Waals surface area contributed by atoms with E-state index in [2.05, 4.69) is 38.8 Å². The standard InChI is InChI=1S/C25H37N8O/c1-6-19(7-2)28-24-29-21(27)20-22(30-24)31-32-25(20,5)11-14-33(12-9-8-10-13-33)23(34)18(16-26)15-17(3)4/h6-7,15,17,32H,1,8-14H2,2-5H3,(H4,27,28,29,30,31)/q+1/b18-15+,19-7+. The van der Waals surface area contributed by atoms with Crippen LogP contribution in [0.15, 0.2) is 36.1 Å². The molecule has 2 aliphatic heterocycles. The Balaban J connectivity index is 1.87. The summed E-state index contributed by atoms with van der Waals surface area (Å²) in [5.41, 5.74) is 14.1. The first-order valence-electron chi connectivity index (χ1n) is 12.0. The number of aromatic nitrogens is 2. The summed E-state index contributed by atoms with van der Waals surface area (Å²) in [6, 6.07) is 2.16. The summed E-state index contributed by atoms with van der Waals surface area (Å²) in [6.07, 6.45) is 9.03. The van der Waals surface area contributed by atoms with Crippen molar-refractivity contribution in [2.45, 2.75) is 58.9 Å². The van der Waals surface area contributed by atoms with Crippen molar-refractivity contribution >= 4 is 23.5 Å². The molecule has 5 N–H and O–H groups in total. The normalized spacial score (nSPS) is 22.0. The maximum Gasteiger partial charge on any atom is 0.356 e. The Morgan fingerprint density at radius 3 is 2.65 bits per heavy atom. The second kappa shape index (κ2) is 10.4. The summed E-state index contributed by atoms with van der Waals surface area (Å²) in [5, 5.41) is 12.8. The number of hydrazine groups is 1. The van der Waals surface area contributed by atoms with Crippen LogP contribution in [0.2, 0.25) is 0 Å². The van der Waals surface area contributed by atoms with E-state index >= 15 is 0 Å². The number of rotatable bonds is 8. The lowest BCUT2D eigenvalue weighted by Gasteiger charge is -2.40. The Morgan fingerprint density at radius 1 is 1.35 bits per heavy atom. The molecule has 2 aliphatic rings. The van der Waals surface area contributed by atoms with E-state index in [1.165, 1.54) is 0 Å². The first kappa shape index (κ1) is 25.4. The van der Waals surface area contributed by atoms with E-state index < -0.39 is 5.54 Å². The molecular weight excluding hydrogens is 428 g/mol. The average Bonchev–Trinajstić information content (AvgIpc) is 3.17. The third kappa shape index (κ3) is 5.13. The van der Waals surface area contributed by atoms with Crippen molar-refractivity contribution < 1.29 is 9.28 Å². The first-order chi connectivity index (χ1) is 16.2. The molecule has 3 rings (SSSR count).